The van der Waals surface area contributed by atoms with Gasteiger partial charge in [-0.1, -0.05) is 6.07 Å². The number of nitrogens with one attached hydrogen (secondary N) is 2. The molecular weight excluding hydrogens is 363 g/mol. The van der Waals surface area contributed by atoms with Crippen molar-refractivity contribution >= 4 is 42.3 Å². The molecule has 0 spiro atoms. The van der Waals surface area contributed by atoms with E-state index in [4.69, 9.17) is 0 Å². The molecule has 0 aromatic heterocycles. The van der Waals surface area contributed by atoms with Crippen LogP contribution in [0.3, 0.4) is 0 Å². The summed E-state index contributed by atoms with van der Waals surface area (Å²) in [6, 6.07) is 7.15. The van der Waals surface area contributed by atoms with Crippen LogP contribution in [0.15, 0.2) is 24.3 Å². The summed E-state index contributed by atoms with van der Waals surface area (Å²) in [6.45, 7) is 9.25. The van der Waals surface area contributed by atoms with E-state index in [1.807, 2.05) is 19.9 Å². The molecule has 0 aliphatic carbocycles. The first kappa shape index (κ1) is 23.7. The summed E-state index contributed by atoms with van der Waals surface area (Å²) in [4.78, 5) is 28.4. The van der Waals surface area contributed by atoms with Gasteiger partial charge < -0.3 is 15.5 Å². The van der Waals surface area contributed by atoms with Gasteiger partial charge in [-0.25, -0.2) is 0 Å². The number of nitrogens with zero attached hydrogens (tertiary/aromatic N) is 2. The van der Waals surface area contributed by atoms with Crippen LogP contribution in [0.5, 0.6) is 0 Å². The predicted molar refractivity (Wildman–Crippen MR) is 106 cm³/mol. The van der Waals surface area contributed by atoms with E-state index in [-0.39, 0.29) is 36.6 Å². The van der Waals surface area contributed by atoms with Crippen molar-refractivity contribution < 1.29 is 9.59 Å². The Bertz CT molecular complexity index is 547. The van der Waals surface area contributed by atoms with E-state index in [1.165, 1.54) is 0 Å². The van der Waals surface area contributed by atoms with E-state index >= 15 is 0 Å². The zero-order valence-corrected chi connectivity index (χ0v) is 16.4. The molecule has 1 aromatic rings. The van der Waals surface area contributed by atoms with Crippen LogP contribution in [-0.4, -0.2) is 67.4 Å². The van der Waals surface area contributed by atoms with E-state index in [0.717, 1.165) is 26.2 Å². The van der Waals surface area contributed by atoms with Gasteiger partial charge in [-0.05, 0) is 32.0 Å². The number of anilines is 1. The molecule has 25 heavy (non-hydrogen) atoms. The van der Waals surface area contributed by atoms with Crippen molar-refractivity contribution in [3.63, 3.8) is 0 Å². The Balaban J connectivity index is 0.00000288. The van der Waals surface area contributed by atoms with Gasteiger partial charge in [-0.3, -0.25) is 14.5 Å². The molecule has 142 valence electrons. The number of carbonyl (C=O) groups excluding carboxylic acids is 2. The highest BCUT2D eigenvalue weighted by molar-refractivity contribution is 5.97. The first-order valence-electron chi connectivity index (χ1n) is 8.26. The second kappa shape index (κ2) is 12.1. The van der Waals surface area contributed by atoms with Gasteiger partial charge in [0.15, 0.2) is 0 Å². The summed E-state index contributed by atoms with van der Waals surface area (Å²) in [5.74, 6) is -0.0486. The molecule has 0 saturated carbocycles. The standard InChI is InChI=1S/C17H26N4O2.2ClH/c1-3-21(4-2)17(23)14-6-5-7-15(12-14)19-16(22)13-20-10-8-18-9-11-20;;/h5-7,12,18H,3-4,8-11,13H2,1-2H3,(H,19,22);2*1H. The van der Waals surface area contributed by atoms with E-state index < -0.39 is 0 Å². The molecule has 1 aromatic carbocycles. The van der Waals surface area contributed by atoms with Crippen LogP contribution in [0.2, 0.25) is 0 Å². The largest absolute Gasteiger partial charge is 0.339 e. The Kier molecular flexibility index (Phi) is 11.4. The molecule has 1 fully saturated rings. The monoisotopic (exact) mass is 390 g/mol. The van der Waals surface area contributed by atoms with Crippen molar-refractivity contribution in [3.05, 3.63) is 29.8 Å². The molecule has 2 rings (SSSR count). The van der Waals surface area contributed by atoms with Crippen molar-refractivity contribution in [2.45, 2.75) is 13.8 Å². The molecule has 2 amide bonds. The van der Waals surface area contributed by atoms with Crippen molar-refractivity contribution in [3.8, 4) is 0 Å². The lowest BCUT2D eigenvalue weighted by Gasteiger charge is -2.26. The molecule has 0 bridgehead atoms. The van der Waals surface area contributed by atoms with E-state index in [1.54, 1.807) is 23.1 Å². The number of halogens is 2. The van der Waals surface area contributed by atoms with Crippen molar-refractivity contribution in [1.29, 1.82) is 0 Å². The van der Waals surface area contributed by atoms with Crippen LogP contribution in [0.25, 0.3) is 0 Å². The van der Waals surface area contributed by atoms with E-state index in [0.29, 0.717) is 30.9 Å². The topological polar surface area (TPSA) is 64.7 Å². The van der Waals surface area contributed by atoms with Crippen molar-refractivity contribution in [2.75, 3.05) is 51.1 Å². The Morgan fingerprint density at radius 3 is 2.40 bits per heavy atom. The first-order valence-corrected chi connectivity index (χ1v) is 8.26. The van der Waals surface area contributed by atoms with Crippen molar-refractivity contribution in [1.82, 2.24) is 15.1 Å². The Morgan fingerprint density at radius 2 is 1.80 bits per heavy atom. The molecule has 1 saturated heterocycles. The number of carbonyl (C=O) groups is 2. The average Bonchev–Trinajstić information content (AvgIpc) is 2.57. The number of hydrogen-bond donors (Lipinski definition) is 2. The maximum atomic E-state index is 12.4. The van der Waals surface area contributed by atoms with E-state index in [9.17, 15) is 9.59 Å². The smallest absolute Gasteiger partial charge is 0.253 e. The maximum Gasteiger partial charge on any atom is 0.253 e. The highest BCUT2D eigenvalue weighted by atomic mass is 35.5. The summed E-state index contributed by atoms with van der Waals surface area (Å²) in [6.07, 6.45) is 0. The van der Waals surface area contributed by atoms with Crippen LogP contribution in [0.1, 0.15) is 24.2 Å². The maximum absolute atomic E-state index is 12.4. The second-order valence-electron chi connectivity index (χ2n) is 5.63. The van der Waals surface area contributed by atoms with Gasteiger partial charge in [0.2, 0.25) is 5.91 Å². The van der Waals surface area contributed by atoms with Crippen LogP contribution < -0.4 is 10.6 Å². The van der Waals surface area contributed by atoms with Crippen LogP contribution in [-0.2, 0) is 4.79 Å². The van der Waals surface area contributed by atoms with Gasteiger partial charge in [0, 0.05) is 50.5 Å². The molecule has 6 nitrogen and oxygen atoms in total. The van der Waals surface area contributed by atoms with Crippen molar-refractivity contribution in [2.24, 2.45) is 0 Å². The fourth-order valence-electron chi connectivity index (χ4n) is 2.70. The van der Waals surface area contributed by atoms with Crippen LogP contribution in [0, 0.1) is 0 Å². The molecule has 0 unspecified atom stereocenters. The summed E-state index contributed by atoms with van der Waals surface area (Å²) in [5.41, 5.74) is 1.27. The van der Waals surface area contributed by atoms with Gasteiger partial charge >= 0.3 is 0 Å². The van der Waals surface area contributed by atoms with Gasteiger partial charge in [0.05, 0.1) is 6.54 Å². The summed E-state index contributed by atoms with van der Waals surface area (Å²) < 4.78 is 0. The van der Waals surface area contributed by atoms with Crippen LogP contribution >= 0.6 is 24.8 Å². The number of rotatable bonds is 6. The molecule has 1 aliphatic rings. The van der Waals surface area contributed by atoms with Crippen LogP contribution in [0.4, 0.5) is 5.69 Å². The first-order chi connectivity index (χ1) is 11.1. The highest BCUT2D eigenvalue weighted by Gasteiger charge is 2.15. The SMILES string of the molecule is CCN(CC)C(=O)c1cccc(NC(=O)CN2CCNCC2)c1.Cl.Cl. The summed E-state index contributed by atoms with van der Waals surface area (Å²) in [5, 5.41) is 6.15. The summed E-state index contributed by atoms with van der Waals surface area (Å²) in [7, 11) is 0. The lowest BCUT2D eigenvalue weighted by atomic mass is 10.1. The molecular formula is C17H28Cl2N4O2. The number of benzene rings is 1. The van der Waals surface area contributed by atoms with Gasteiger partial charge in [0.25, 0.3) is 5.91 Å². The molecule has 1 heterocycles. The molecule has 0 atom stereocenters. The average molecular weight is 391 g/mol. The normalized spacial score (nSPS) is 14.0. The minimum Gasteiger partial charge on any atom is -0.339 e. The molecule has 0 radical (unpaired) electrons. The third-order valence-corrected chi connectivity index (χ3v) is 4.02. The molecule has 1 aliphatic heterocycles. The minimum atomic E-state index is -0.0423. The Hall–Kier alpha value is -1.34. The van der Waals surface area contributed by atoms with Gasteiger partial charge in [-0.2, -0.15) is 0 Å². The van der Waals surface area contributed by atoms with Gasteiger partial charge in [0.1, 0.15) is 0 Å². The minimum absolute atomic E-state index is 0. The quantitative estimate of drug-likeness (QED) is 0.777. The zero-order chi connectivity index (χ0) is 16.7. The van der Waals surface area contributed by atoms with E-state index in [2.05, 4.69) is 15.5 Å². The fourth-order valence-corrected chi connectivity index (χ4v) is 2.70. The third-order valence-electron chi connectivity index (χ3n) is 4.02. The fraction of sp³-hybridized carbons (Fsp3) is 0.529. The highest BCUT2D eigenvalue weighted by Crippen LogP contribution is 2.13. The zero-order valence-electron chi connectivity index (χ0n) is 14.8. The lowest BCUT2D eigenvalue weighted by Crippen LogP contribution is -2.46. The number of amides is 2. The number of piperazine rings is 1. The number of hydrogen-bond acceptors (Lipinski definition) is 4. The van der Waals surface area contributed by atoms with Gasteiger partial charge in [-0.15, -0.1) is 24.8 Å². The molecule has 2 N–H and O–H groups in total. The third kappa shape index (κ3) is 7.20. The molecule has 8 heteroatoms. The summed E-state index contributed by atoms with van der Waals surface area (Å²) >= 11 is 0. The predicted octanol–water partition coefficient (Wildman–Crippen LogP) is 1.86. The lowest BCUT2D eigenvalue weighted by molar-refractivity contribution is -0.117. The second-order valence-corrected chi connectivity index (χ2v) is 5.63. The Morgan fingerprint density at radius 1 is 1.16 bits per heavy atom. The Labute approximate surface area is 162 Å².